The molecule has 3 aromatic rings. The molecule has 0 radical (unpaired) electrons. The highest BCUT2D eigenvalue weighted by atomic mass is 32.2. The Balaban J connectivity index is 1.83. The molecule has 1 amide bonds. The minimum Gasteiger partial charge on any atom is -0.296 e. The van der Waals surface area contributed by atoms with Gasteiger partial charge in [-0.25, -0.2) is 12.7 Å². The first-order chi connectivity index (χ1) is 14.0. The Morgan fingerprint density at radius 2 is 1.53 bits per heavy atom. The van der Waals surface area contributed by atoms with Gasteiger partial charge in [0, 0.05) is 25.2 Å². The number of benzene rings is 2. The second-order valence-corrected chi connectivity index (χ2v) is 10.4. The quantitative estimate of drug-likeness (QED) is 0.643. The summed E-state index contributed by atoms with van der Waals surface area (Å²) in [5.74, 6) is -0.375. The third-order valence-electron chi connectivity index (χ3n) is 5.12. The van der Waals surface area contributed by atoms with Gasteiger partial charge >= 0.3 is 0 Å². The molecule has 3 rings (SSSR count). The smallest absolute Gasteiger partial charge is 0.257 e. The molecule has 0 unspecified atom stereocenters. The van der Waals surface area contributed by atoms with Crippen molar-refractivity contribution in [2.24, 2.45) is 0 Å². The number of carbonyl (C=O) groups is 1. The number of hydrogen-bond donors (Lipinski definition) is 1. The number of aromatic nitrogens is 2. The number of sulfonamides is 1. The van der Waals surface area contributed by atoms with Crippen LogP contribution in [-0.2, 0) is 10.0 Å². The van der Waals surface area contributed by atoms with E-state index in [2.05, 4.69) is 49.3 Å². The number of hydrogen-bond acceptors (Lipinski definition) is 6. The fraction of sp³-hybridized carbons (Fsp3) is 0.286. The minimum atomic E-state index is -3.54. The summed E-state index contributed by atoms with van der Waals surface area (Å²) < 4.78 is 25.4. The first kappa shape index (κ1) is 22.1. The van der Waals surface area contributed by atoms with E-state index >= 15 is 0 Å². The topological polar surface area (TPSA) is 92.3 Å². The highest BCUT2D eigenvalue weighted by molar-refractivity contribution is 7.89. The molecule has 0 saturated carbocycles. The summed E-state index contributed by atoms with van der Waals surface area (Å²) in [7, 11) is -0.619. The zero-order valence-electron chi connectivity index (χ0n) is 17.8. The van der Waals surface area contributed by atoms with Gasteiger partial charge in [-0.1, -0.05) is 17.4 Å². The summed E-state index contributed by atoms with van der Waals surface area (Å²) >= 11 is 1.31. The van der Waals surface area contributed by atoms with Gasteiger partial charge in [-0.15, -0.1) is 10.2 Å². The maximum atomic E-state index is 12.6. The largest absolute Gasteiger partial charge is 0.296 e. The zero-order valence-corrected chi connectivity index (χ0v) is 19.4. The SMILES string of the molecule is Cc1cc(C)c(C)c(-c2nnc(NC(=O)c3ccc(S(=O)(=O)N(C)C)cc3)s2)c1C. The van der Waals surface area contributed by atoms with Gasteiger partial charge in [-0.2, -0.15) is 0 Å². The first-order valence-corrected chi connectivity index (χ1v) is 11.5. The molecular weight excluding hydrogens is 420 g/mol. The predicted molar refractivity (Wildman–Crippen MR) is 120 cm³/mol. The Kier molecular flexibility index (Phi) is 6.07. The van der Waals surface area contributed by atoms with Gasteiger partial charge < -0.3 is 0 Å². The van der Waals surface area contributed by atoms with Gasteiger partial charge in [-0.05, 0) is 74.2 Å². The molecule has 30 heavy (non-hydrogen) atoms. The van der Waals surface area contributed by atoms with Gasteiger partial charge in [-0.3, -0.25) is 10.1 Å². The van der Waals surface area contributed by atoms with Gasteiger partial charge in [0.05, 0.1) is 4.90 Å². The van der Waals surface area contributed by atoms with Crippen molar-refractivity contribution in [1.82, 2.24) is 14.5 Å². The summed E-state index contributed by atoms with van der Waals surface area (Å²) in [6.45, 7) is 8.24. The van der Waals surface area contributed by atoms with Crippen LogP contribution in [0.5, 0.6) is 0 Å². The molecule has 9 heteroatoms. The summed E-state index contributed by atoms with van der Waals surface area (Å²) in [4.78, 5) is 12.7. The zero-order chi connectivity index (χ0) is 22.2. The molecule has 0 aliphatic rings. The molecule has 0 spiro atoms. The third-order valence-corrected chi connectivity index (χ3v) is 7.81. The predicted octanol–water partition coefficient (Wildman–Crippen LogP) is 3.94. The van der Waals surface area contributed by atoms with Crippen LogP contribution in [0.15, 0.2) is 35.2 Å². The molecule has 0 saturated heterocycles. The lowest BCUT2D eigenvalue weighted by Gasteiger charge is -2.12. The van der Waals surface area contributed by atoms with Crippen molar-refractivity contribution in [3.63, 3.8) is 0 Å². The summed E-state index contributed by atoms with van der Waals surface area (Å²) in [5, 5.41) is 12.3. The van der Waals surface area contributed by atoms with Crippen LogP contribution < -0.4 is 5.32 Å². The van der Waals surface area contributed by atoms with Crippen molar-refractivity contribution in [2.45, 2.75) is 32.6 Å². The standard InChI is InChI=1S/C21H24N4O3S2/c1-12-11-13(2)15(4)18(14(12)3)20-23-24-21(29-20)22-19(26)16-7-9-17(10-8-16)30(27,28)25(5)6/h7-11H,1-6H3,(H,22,24,26). The molecule has 0 bridgehead atoms. The van der Waals surface area contributed by atoms with E-state index in [-0.39, 0.29) is 10.8 Å². The Morgan fingerprint density at radius 1 is 0.967 bits per heavy atom. The van der Waals surface area contributed by atoms with E-state index in [4.69, 9.17) is 0 Å². The molecule has 0 fully saturated rings. The van der Waals surface area contributed by atoms with E-state index in [9.17, 15) is 13.2 Å². The Morgan fingerprint density at radius 3 is 2.07 bits per heavy atom. The lowest BCUT2D eigenvalue weighted by Crippen LogP contribution is -2.22. The van der Waals surface area contributed by atoms with Crippen molar-refractivity contribution in [1.29, 1.82) is 0 Å². The number of nitrogens with zero attached hydrogens (tertiary/aromatic N) is 3. The molecule has 7 nitrogen and oxygen atoms in total. The van der Waals surface area contributed by atoms with Crippen LogP contribution in [0.4, 0.5) is 5.13 Å². The average Bonchev–Trinajstić information content (AvgIpc) is 3.14. The van der Waals surface area contributed by atoms with Crippen molar-refractivity contribution >= 4 is 32.4 Å². The molecule has 0 atom stereocenters. The summed E-state index contributed by atoms with van der Waals surface area (Å²) in [6.07, 6.45) is 0. The fourth-order valence-electron chi connectivity index (χ4n) is 3.07. The monoisotopic (exact) mass is 444 g/mol. The molecule has 158 valence electrons. The second kappa shape index (κ2) is 8.25. The Hall–Kier alpha value is -2.62. The van der Waals surface area contributed by atoms with E-state index in [1.165, 1.54) is 60.8 Å². The first-order valence-electron chi connectivity index (χ1n) is 9.27. The van der Waals surface area contributed by atoms with Crippen LogP contribution in [0.2, 0.25) is 0 Å². The van der Waals surface area contributed by atoms with Gasteiger partial charge in [0.1, 0.15) is 5.01 Å². The maximum absolute atomic E-state index is 12.6. The van der Waals surface area contributed by atoms with Crippen molar-refractivity contribution < 1.29 is 13.2 Å². The van der Waals surface area contributed by atoms with Crippen molar-refractivity contribution in [3.8, 4) is 10.6 Å². The lowest BCUT2D eigenvalue weighted by atomic mass is 9.95. The highest BCUT2D eigenvalue weighted by Crippen LogP contribution is 2.34. The van der Waals surface area contributed by atoms with Gasteiger partial charge in [0.2, 0.25) is 15.2 Å². The van der Waals surface area contributed by atoms with E-state index in [1.807, 2.05) is 0 Å². The Bertz CT molecular complexity index is 1190. The van der Waals surface area contributed by atoms with Crippen LogP contribution in [-0.4, -0.2) is 42.9 Å². The average molecular weight is 445 g/mol. The van der Waals surface area contributed by atoms with E-state index in [1.54, 1.807) is 0 Å². The van der Waals surface area contributed by atoms with Crippen LogP contribution >= 0.6 is 11.3 Å². The van der Waals surface area contributed by atoms with E-state index in [0.717, 1.165) is 26.0 Å². The number of anilines is 1. The number of nitrogens with one attached hydrogen (secondary N) is 1. The highest BCUT2D eigenvalue weighted by Gasteiger charge is 2.19. The molecule has 1 aromatic heterocycles. The fourth-order valence-corrected chi connectivity index (χ4v) is 4.87. The molecule has 1 heterocycles. The molecule has 2 aromatic carbocycles. The van der Waals surface area contributed by atoms with E-state index < -0.39 is 10.0 Å². The molecule has 0 aliphatic carbocycles. The van der Waals surface area contributed by atoms with Crippen molar-refractivity contribution in [3.05, 3.63) is 58.1 Å². The van der Waals surface area contributed by atoms with Crippen LogP contribution in [0.1, 0.15) is 32.6 Å². The number of aryl methyl sites for hydroxylation is 2. The molecule has 1 N–H and O–H groups in total. The molecular formula is C21H24N4O3S2. The normalized spacial score (nSPS) is 11.7. The van der Waals surface area contributed by atoms with Gasteiger partial charge in [0.25, 0.3) is 5.91 Å². The summed E-state index contributed by atoms with van der Waals surface area (Å²) in [5.41, 5.74) is 6.03. The van der Waals surface area contributed by atoms with Crippen LogP contribution in [0, 0.1) is 27.7 Å². The van der Waals surface area contributed by atoms with Crippen LogP contribution in [0.25, 0.3) is 10.6 Å². The summed E-state index contributed by atoms with van der Waals surface area (Å²) in [6, 6.07) is 7.94. The number of rotatable bonds is 5. The minimum absolute atomic E-state index is 0.128. The number of amides is 1. The lowest BCUT2D eigenvalue weighted by molar-refractivity contribution is 0.102. The molecule has 0 aliphatic heterocycles. The van der Waals surface area contributed by atoms with Crippen molar-refractivity contribution in [2.75, 3.05) is 19.4 Å². The number of carbonyl (C=O) groups excluding carboxylic acids is 1. The van der Waals surface area contributed by atoms with Gasteiger partial charge in [0.15, 0.2) is 0 Å². The third kappa shape index (κ3) is 4.14. The van der Waals surface area contributed by atoms with Crippen LogP contribution in [0.3, 0.4) is 0 Å². The maximum Gasteiger partial charge on any atom is 0.257 e. The second-order valence-electron chi connectivity index (χ2n) is 7.31. The Labute approximate surface area is 180 Å². The van der Waals surface area contributed by atoms with E-state index in [0.29, 0.717) is 10.7 Å².